The first kappa shape index (κ1) is 12.4. The number of rotatable bonds is 1. The molecule has 3 nitrogen and oxygen atoms in total. The highest BCUT2D eigenvalue weighted by molar-refractivity contribution is 14.1. The van der Waals surface area contributed by atoms with E-state index in [1.54, 1.807) is 0 Å². The summed E-state index contributed by atoms with van der Waals surface area (Å²) in [5, 5.41) is 0. The molecule has 1 atom stereocenters. The largest absolute Gasteiger partial charge is 0.370 e. The summed E-state index contributed by atoms with van der Waals surface area (Å²) in [6, 6.07) is 6.57. The van der Waals surface area contributed by atoms with E-state index in [1.165, 1.54) is 12.7 Å². The Kier molecular flexibility index (Phi) is 3.93. The standard InChI is InChI=1S/C11H13I2N3/c1-16-6-7(5-15-11(16)14)9-3-2-8(12)4-10(9)13/h2-4,7H,5-6H2,1H3,(H2,14,15). The van der Waals surface area contributed by atoms with Gasteiger partial charge in [0, 0.05) is 26.7 Å². The highest BCUT2D eigenvalue weighted by Crippen LogP contribution is 2.26. The maximum absolute atomic E-state index is 5.75. The van der Waals surface area contributed by atoms with Crippen molar-refractivity contribution in [3.8, 4) is 0 Å². The minimum atomic E-state index is 0.459. The van der Waals surface area contributed by atoms with Crippen LogP contribution in [0.3, 0.4) is 0 Å². The number of nitrogens with zero attached hydrogens (tertiary/aromatic N) is 2. The molecule has 1 unspecified atom stereocenters. The molecule has 1 aliphatic rings. The molecule has 1 aliphatic heterocycles. The Morgan fingerprint density at radius 3 is 2.81 bits per heavy atom. The fraction of sp³-hybridized carbons (Fsp3) is 0.364. The molecule has 0 radical (unpaired) electrons. The van der Waals surface area contributed by atoms with Crippen LogP contribution in [0, 0.1) is 7.14 Å². The number of hydrogen-bond acceptors (Lipinski definition) is 3. The minimum Gasteiger partial charge on any atom is -0.370 e. The Hall–Kier alpha value is -0.0500. The summed E-state index contributed by atoms with van der Waals surface area (Å²) in [4.78, 5) is 6.36. The molecule has 0 saturated carbocycles. The van der Waals surface area contributed by atoms with Gasteiger partial charge < -0.3 is 10.6 Å². The number of benzene rings is 1. The van der Waals surface area contributed by atoms with Gasteiger partial charge in [-0.05, 0) is 62.9 Å². The zero-order valence-corrected chi connectivity index (χ0v) is 13.3. The Labute approximate surface area is 123 Å². The van der Waals surface area contributed by atoms with Crippen LogP contribution < -0.4 is 5.73 Å². The Bertz CT molecular complexity index is 431. The van der Waals surface area contributed by atoms with Gasteiger partial charge in [-0.1, -0.05) is 6.07 Å². The molecule has 0 aliphatic carbocycles. The van der Waals surface area contributed by atoms with Gasteiger partial charge in [-0.15, -0.1) is 0 Å². The van der Waals surface area contributed by atoms with Gasteiger partial charge in [-0.2, -0.15) is 0 Å². The normalized spacial score (nSPS) is 20.8. The fourth-order valence-electron chi connectivity index (χ4n) is 1.84. The van der Waals surface area contributed by atoms with E-state index in [2.05, 4.69) is 68.4 Å². The third-order valence-corrected chi connectivity index (χ3v) is 4.37. The van der Waals surface area contributed by atoms with Crippen LogP contribution in [0.25, 0.3) is 0 Å². The average Bonchev–Trinajstić information content (AvgIpc) is 2.22. The van der Waals surface area contributed by atoms with Crippen LogP contribution in [0.2, 0.25) is 0 Å². The van der Waals surface area contributed by atoms with Crippen molar-refractivity contribution in [1.29, 1.82) is 0 Å². The predicted molar refractivity (Wildman–Crippen MR) is 83.7 cm³/mol. The average molecular weight is 441 g/mol. The summed E-state index contributed by atoms with van der Waals surface area (Å²) >= 11 is 4.74. The van der Waals surface area contributed by atoms with Crippen molar-refractivity contribution in [2.24, 2.45) is 10.7 Å². The molecular weight excluding hydrogens is 428 g/mol. The van der Waals surface area contributed by atoms with Gasteiger partial charge in [0.15, 0.2) is 5.96 Å². The molecule has 0 spiro atoms. The quantitative estimate of drug-likeness (QED) is 0.680. The monoisotopic (exact) mass is 441 g/mol. The zero-order valence-electron chi connectivity index (χ0n) is 8.95. The number of hydrogen-bond donors (Lipinski definition) is 1. The topological polar surface area (TPSA) is 41.6 Å². The lowest BCUT2D eigenvalue weighted by Gasteiger charge is -2.29. The maximum Gasteiger partial charge on any atom is 0.191 e. The summed E-state index contributed by atoms with van der Waals surface area (Å²) in [5.41, 5.74) is 7.13. The van der Waals surface area contributed by atoms with Crippen molar-refractivity contribution in [3.63, 3.8) is 0 Å². The van der Waals surface area contributed by atoms with E-state index in [0.717, 1.165) is 13.1 Å². The van der Waals surface area contributed by atoms with Crippen LogP contribution in [0.15, 0.2) is 23.2 Å². The first-order valence-corrected chi connectivity index (χ1v) is 7.19. The van der Waals surface area contributed by atoms with Crippen molar-refractivity contribution >= 4 is 51.1 Å². The third kappa shape index (κ3) is 2.61. The van der Waals surface area contributed by atoms with E-state index in [0.29, 0.717) is 11.9 Å². The summed E-state index contributed by atoms with van der Waals surface area (Å²) in [7, 11) is 1.99. The van der Waals surface area contributed by atoms with Gasteiger partial charge in [0.05, 0.1) is 6.54 Å². The van der Waals surface area contributed by atoms with Gasteiger partial charge >= 0.3 is 0 Å². The Balaban J connectivity index is 2.26. The van der Waals surface area contributed by atoms with Crippen molar-refractivity contribution in [2.45, 2.75) is 5.92 Å². The second-order valence-corrected chi connectivity index (χ2v) is 6.35. The molecule has 0 amide bonds. The van der Waals surface area contributed by atoms with Crippen LogP contribution >= 0.6 is 45.2 Å². The van der Waals surface area contributed by atoms with Gasteiger partial charge in [0.25, 0.3) is 0 Å². The maximum atomic E-state index is 5.75. The first-order valence-electron chi connectivity index (χ1n) is 5.04. The molecule has 0 fully saturated rings. The predicted octanol–water partition coefficient (Wildman–Crippen LogP) is 2.24. The van der Waals surface area contributed by atoms with Crippen LogP contribution in [0.1, 0.15) is 11.5 Å². The Morgan fingerprint density at radius 1 is 1.44 bits per heavy atom. The van der Waals surface area contributed by atoms with Gasteiger partial charge in [-0.3, -0.25) is 4.99 Å². The lowest BCUT2D eigenvalue weighted by Crippen LogP contribution is -2.41. The molecule has 0 aromatic heterocycles. The van der Waals surface area contributed by atoms with E-state index >= 15 is 0 Å². The van der Waals surface area contributed by atoms with E-state index in [1.807, 2.05) is 11.9 Å². The molecule has 16 heavy (non-hydrogen) atoms. The molecule has 2 N–H and O–H groups in total. The number of nitrogens with two attached hydrogens (primary N) is 1. The lowest BCUT2D eigenvalue weighted by atomic mass is 9.98. The van der Waals surface area contributed by atoms with Crippen molar-refractivity contribution in [2.75, 3.05) is 20.1 Å². The molecule has 86 valence electrons. The van der Waals surface area contributed by atoms with Crippen molar-refractivity contribution in [3.05, 3.63) is 30.9 Å². The second kappa shape index (κ2) is 5.07. The van der Waals surface area contributed by atoms with E-state index in [-0.39, 0.29) is 0 Å². The molecule has 0 saturated heterocycles. The molecule has 1 aromatic carbocycles. The van der Waals surface area contributed by atoms with E-state index in [4.69, 9.17) is 5.73 Å². The van der Waals surface area contributed by atoms with Crippen molar-refractivity contribution < 1.29 is 0 Å². The highest BCUT2D eigenvalue weighted by atomic mass is 127. The minimum absolute atomic E-state index is 0.459. The Morgan fingerprint density at radius 2 is 2.19 bits per heavy atom. The van der Waals surface area contributed by atoms with Crippen LogP contribution in [-0.2, 0) is 0 Å². The second-order valence-electron chi connectivity index (χ2n) is 3.94. The summed E-state index contributed by atoms with van der Waals surface area (Å²) in [6.07, 6.45) is 0. The number of guanidine groups is 1. The van der Waals surface area contributed by atoms with Crippen molar-refractivity contribution in [1.82, 2.24) is 4.90 Å². The molecule has 0 bridgehead atoms. The molecule has 1 aromatic rings. The van der Waals surface area contributed by atoms with Crippen LogP contribution in [0.5, 0.6) is 0 Å². The van der Waals surface area contributed by atoms with E-state index in [9.17, 15) is 0 Å². The third-order valence-electron chi connectivity index (χ3n) is 2.76. The van der Waals surface area contributed by atoms with E-state index < -0.39 is 0 Å². The summed E-state index contributed by atoms with van der Waals surface area (Å²) < 4.78 is 2.59. The number of likely N-dealkylation sites (N-methyl/N-ethyl adjacent to an activating group) is 1. The van der Waals surface area contributed by atoms with Crippen LogP contribution in [-0.4, -0.2) is 31.0 Å². The SMILES string of the molecule is CN1CC(c2ccc(I)cc2I)CN=C1N. The zero-order chi connectivity index (χ0) is 11.7. The van der Waals surface area contributed by atoms with Gasteiger partial charge in [-0.25, -0.2) is 0 Å². The summed E-state index contributed by atoms with van der Waals surface area (Å²) in [6.45, 7) is 1.75. The van der Waals surface area contributed by atoms with Gasteiger partial charge in [0.2, 0.25) is 0 Å². The lowest BCUT2D eigenvalue weighted by molar-refractivity contribution is 0.421. The number of aliphatic imine (C=N–C) groups is 1. The molecular formula is C11H13I2N3. The van der Waals surface area contributed by atoms with Crippen LogP contribution in [0.4, 0.5) is 0 Å². The molecule has 1 heterocycles. The number of halogens is 2. The first-order chi connectivity index (χ1) is 7.58. The summed E-state index contributed by atoms with van der Waals surface area (Å²) in [5.74, 6) is 1.11. The molecule has 2 rings (SSSR count). The highest BCUT2D eigenvalue weighted by Gasteiger charge is 2.21. The molecule has 5 heteroatoms. The fourth-order valence-corrected chi connectivity index (χ4v) is 3.88. The smallest absolute Gasteiger partial charge is 0.191 e. The van der Waals surface area contributed by atoms with Gasteiger partial charge in [0.1, 0.15) is 0 Å².